The van der Waals surface area contributed by atoms with Crippen LogP contribution in [0.1, 0.15) is 27.0 Å². The maximum Gasteiger partial charge on any atom is 0.336 e. The molecule has 106 valence electrons. The fourth-order valence-corrected chi connectivity index (χ4v) is 2.28. The average molecular weight is 301 g/mol. The van der Waals surface area contributed by atoms with Crippen LogP contribution in [0.15, 0.2) is 42.5 Å². The highest BCUT2D eigenvalue weighted by Gasteiger charge is 2.17. The molecule has 0 unspecified atom stereocenters. The molecule has 0 saturated carbocycles. The molecule has 0 aromatic heterocycles. The van der Waals surface area contributed by atoms with Crippen molar-refractivity contribution in [1.82, 2.24) is 0 Å². The number of carbonyl (C=O) groups is 1. The number of thiocarbonyl (C=S) groups is 1. The molecule has 0 spiro atoms. The third-order valence-electron chi connectivity index (χ3n) is 3.07. The van der Waals surface area contributed by atoms with Gasteiger partial charge in [-0.05, 0) is 18.6 Å². The van der Waals surface area contributed by atoms with Gasteiger partial charge in [0, 0.05) is 17.2 Å². The zero-order valence-electron chi connectivity index (χ0n) is 11.1. The van der Waals surface area contributed by atoms with Crippen LogP contribution >= 0.6 is 12.2 Å². The Hall–Kier alpha value is -2.60. The summed E-state index contributed by atoms with van der Waals surface area (Å²) in [5, 5.41) is 20.2. The predicted molar refractivity (Wildman–Crippen MR) is 82.0 cm³/mol. The second-order valence-electron chi connectivity index (χ2n) is 4.44. The van der Waals surface area contributed by atoms with Crippen molar-refractivity contribution in [3.63, 3.8) is 0 Å². The Morgan fingerprint density at radius 2 is 1.81 bits per heavy atom. The van der Waals surface area contributed by atoms with E-state index in [0.29, 0.717) is 16.7 Å². The molecule has 1 N–H and O–H groups in total. The van der Waals surface area contributed by atoms with E-state index in [1.165, 1.54) is 12.1 Å². The van der Waals surface area contributed by atoms with E-state index in [9.17, 15) is 20.0 Å². The van der Waals surface area contributed by atoms with Crippen LogP contribution < -0.4 is 0 Å². The Morgan fingerprint density at radius 1 is 1.19 bits per heavy atom. The molecule has 0 atom stereocenters. The Labute approximate surface area is 126 Å². The third-order valence-corrected chi connectivity index (χ3v) is 3.53. The van der Waals surface area contributed by atoms with Crippen molar-refractivity contribution in [2.45, 2.75) is 6.92 Å². The first kappa shape index (κ1) is 14.8. The van der Waals surface area contributed by atoms with E-state index >= 15 is 0 Å². The number of aryl methyl sites for hydroxylation is 1. The molecule has 2 rings (SSSR count). The molecule has 0 aliphatic carbocycles. The van der Waals surface area contributed by atoms with Crippen molar-refractivity contribution in [3.8, 4) is 0 Å². The first-order valence-corrected chi connectivity index (χ1v) is 6.44. The first-order chi connectivity index (χ1) is 9.91. The molecule has 0 saturated heterocycles. The summed E-state index contributed by atoms with van der Waals surface area (Å²) in [7, 11) is 0. The van der Waals surface area contributed by atoms with Crippen LogP contribution in [0, 0.1) is 17.0 Å². The molecule has 0 amide bonds. The van der Waals surface area contributed by atoms with Crippen LogP contribution in [0.5, 0.6) is 0 Å². The van der Waals surface area contributed by atoms with Gasteiger partial charge in [-0.1, -0.05) is 42.5 Å². The van der Waals surface area contributed by atoms with E-state index in [-0.39, 0.29) is 16.1 Å². The zero-order chi connectivity index (χ0) is 15.6. The molecule has 2 aromatic carbocycles. The van der Waals surface area contributed by atoms with Crippen molar-refractivity contribution in [3.05, 3.63) is 74.8 Å². The highest BCUT2D eigenvalue weighted by molar-refractivity contribution is 7.81. The molecular weight excluding hydrogens is 290 g/mol. The minimum absolute atomic E-state index is 0.0392. The number of carboxylic acids is 1. The number of benzene rings is 2. The highest BCUT2D eigenvalue weighted by atomic mass is 32.1. The monoisotopic (exact) mass is 301 g/mol. The van der Waals surface area contributed by atoms with Gasteiger partial charge in [0.05, 0.1) is 15.4 Å². The van der Waals surface area contributed by atoms with Gasteiger partial charge >= 0.3 is 5.97 Å². The van der Waals surface area contributed by atoms with Crippen LogP contribution in [0.4, 0.5) is 5.69 Å². The summed E-state index contributed by atoms with van der Waals surface area (Å²) in [6.45, 7) is 1.64. The number of hydrogen-bond donors (Lipinski definition) is 1. The summed E-state index contributed by atoms with van der Waals surface area (Å²) in [6.07, 6.45) is 0. The van der Waals surface area contributed by atoms with Gasteiger partial charge in [-0.3, -0.25) is 10.1 Å². The molecule has 2 aromatic rings. The fraction of sp³-hybridized carbons (Fsp3) is 0.0667. The number of nitro benzene ring substituents is 1. The lowest BCUT2D eigenvalue weighted by Gasteiger charge is -2.08. The second-order valence-corrected chi connectivity index (χ2v) is 4.85. The van der Waals surface area contributed by atoms with Crippen LogP contribution in [0.3, 0.4) is 0 Å². The number of nitrogens with zero attached hydrogens (tertiary/aromatic N) is 1. The van der Waals surface area contributed by atoms with Gasteiger partial charge in [-0.25, -0.2) is 4.79 Å². The Kier molecular flexibility index (Phi) is 4.09. The lowest BCUT2D eigenvalue weighted by Crippen LogP contribution is -2.09. The Morgan fingerprint density at radius 3 is 2.38 bits per heavy atom. The molecule has 21 heavy (non-hydrogen) atoms. The standard InChI is InChI=1S/C15H11NO4S/c1-9-6-7-10(8-13(9)16(19)20)14(21)11-4-2-3-5-12(11)15(17)18/h2-8H,1H3,(H,17,18). The molecule has 0 aliphatic rings. The van der Waals surface area contributed by atoms with Crippen LogP contribution in [0.25, 0.3) is 0 Å². The minimum Gasteiger partial charge on any atom is -0.478 e. The molecular formula is C15H11NO4S. The van der Waals surface area contributed by atoms with Gasteiger partial charge < -0.3 is 5.11 Å². The summed E-state index contributed by atoms with van der Waals surface area (Å²) < 4.78 is 0. The van der Waals surface area contributed by atoms with E-state index in [2.05, 4.69) is 0 Å². The topological polar surface area (TPSA) is 80.4 Å². The van der Waals surface area contributed by atoms with Gasteiger partial charge in [0.1, 0.15) is 0 Å². The van der Waals surface area contributed by atoms with Crippen LogP contribution in [-0.2, 0) is 0 Å². The summed E-state index contributed by atoms with van der Waals surface area (Å²) in [5.41, 5.74) is 1.39. The zero-order valence-corrected chi connectivity index (χ0v) is 11.9. The molecule has 0 aliphatic heterocycles. The first-order valence-electron chi connectivity index (χ1n) is 6.04. The van der Waals surface area contributed by atoms with Gasteiger partial charge in [0.25, 0.3) is 5.69 Å². The van der Waals surface area contributed by atoms with Crippen molar-refractivity contribution in [2.24, 2.45) is 0 Å². The van der Waals surface area contributed by atoms with Gasteiger partial charge in [-0.2, -0.15) is 0 Å². The van der Waals surface area contributed by atoms with Crippen molar-refractivity contribution < 1.29 is 14.8 Å². The second kappa shape index (κ2) is 5.80. The fourth-order valence-electron chi connectivity index (χ4n) is 1.97. The van der Waals surface area contributed by atoms with Gasteiger partial charge in [0.15, 0.2) is 0 Å². The third kappa shape index (κ3) is 2.95. The highest BCUT2D eigenvalue weighted by Crippen LogP contribution is 2.23. The number of hydrogen-bond acceptors (Lipinski definition) is 4. The number of carboxylic acid groups (broad SMARTS) is 1. The summed E-state index contributed by atoms with van der Waals surface area (Å²) >= 11 is 5.30. The maximum atomic E-state index is 11.2. The van der Waals surface area contributed by atoms with E-state index in [1.54, 1.807) is 37.3 Å². The van der Waals surface area contributed by atoms with Gasteiger partial charge in [-0.15, -0.1) is 0 Å². The molecule has 0 radical (unpaired) electrons. The number of aromatic carboxylic acids is 1. The van der Waals surface area contributed by atoms with Crippen molar-refractivity contribution in [2.75, 3.05) is 0 Å². The van der Waals surface area contributed by atoms with E-state index in [4.69, 9.17) is 12.2 Å². The Balaban J connectivity index is 2.53. The summed E-state index contributed by atoms with van der Waals surface area (Å²) in [6, 6.07) is 11.0. The van der Waals surface area contributed by atoms with E-state index in [1.807, 2.05) is 0 Å². The van der Waals surface area contributed by atoms with Crippen molar-refractivity contribution in [1.29, 1.82) is 0 Å². The lowest BCUT2D eigenvalue weighted by atomic mass is 9.98. The molecule has 6 heteroatoms. The summed E-state index contributed by atoms with van der Waals surface area (Å²) in [4.78, 5) is 22.0. The normalized spacial score (nSPS) is 10.1. The smallest absolute Gasteiger partial charge is 0.336 e. The molecule has 0 bridgehead atoms. The van der Waals surface area contributed by atoms with E-state index in [0.717, 1.165) is 0 Å². The van der Waals surface area contributed by atoms with Gasteiger partial charge in [0.2, 0.25) is 0 Å². The van der Waals surface area contributed by atoms with Crippen LogP contribution in [-0.4, -0.2) is 20.9 Å². The SMILES string of the molecule is Cc1ccc(C(=S)c2ccccc2C(=O)O)cc1[N+](=O)[O-]. The quantitative estimate of drug-likeness (QED) is 0.405. The number of nitro groups is 1. The molecule has 5 nitrogen and oxygen atoms in total. The average Bonchev–Trinajstić information content (AvgIpc) is 2.46. The summed E-state index contributed by atoms with van der Waals surface area (Å²) in [5.74, 6) is -1.09. The number of rotatable bonds is 4. The Bertz CT molecular complexity index is 755. The molecule has 0 heterocycles. The van der Waals surface area contributed by atoms with Crippen molar-refractivity contribution >= 4 is 28.7 Å². The van der Waals surface area contributed by atoms with Crippen LogP contribution in [0.2, 0.25) is 0 Å². The predicted octanol–water partition coefficient (Wildman–Crippen LogP) is 3.37. The molecule has 0 fully saturated rings. The van der Waals surface area contributed by atoms with E-state index < -0.39 is 10.9 Å². The lowest BCUT2D eigenvalue weighted by molar-refractivity contribution is -0.385. The minimum atomic E-state index is -1.09. The maximum absolute atomic E-state index is 11.2. The largest absolute Gasteiger partial charge is 0.478 e.